The van der Waals surface area contributed by atoms with Crippen LogP contribution >= 0.6 is 0 Å². The average molecular weight is 593 g/mol. The van der Waals surface area contributed by atoms with Crippen molar-refractivity contribution in [2.24, 2.45) is 11.8 Å². The molecule has 7 aromatic rings. The number of nitrogens with zero attached hydrogens (tertiary/aromatic N) is 2. The maximum atomic E-state index is 2.47. The summed E-state index contributed by atoms with van der Waals surface area (Å²) in [6.07, 6.45) is 13.8. The second-order valence-electron chi connectivity index (χ2n) is 13.1. The standard InChI is InChI=1S/C44H36N2/c1-29-18-20-31(21-19-29)32-10-9-11-34(27-32)45-43-17-8-5-14-39(43)40-28-33(22-25-44(40)45)36-24-23-35(26-30(36)2)46-41-15-6-3-12-37(41)38-13-4-7-16-42(38)46/h3-18,20-25,27-30H,19,26H2,1-2H3. The van der Waals surface area contributed by atoms with Crippen LogP contribution in [0.4, 0.5) is 0 Å². The molecular weight excluding hydrogens is 556 g/mol. The Morgan fingerprint density at radius 2 is 1.22 bits per heavy atom. The lowest BCUT2D eigenvalue weighted by Crippen LogP contribution is -2.08. The van der Waals surface area contributed by atoms with Gasteiger partial charge in [-0.3, -0.25) is 0 Å². The number of aromatic nitrogens is 2. The molecule has 2 heterocycles. The van der Waals surface area contributed by atoms with Gasteiger partial charge in [-0.15, -0.1) is 0 Å². The lowest BCUT2D eigenvalue weighted by atomic mass is 9.86. The number of para-hydroxylation sites is 3. The molecule has 5 aromatic carbocycles. The molecule has 2 atom stereocenters. The SMILES string of the molecule is CC1C=CC(c2cccc(-n3c4ccccc4c4cc(C5=CC=C(n6c7ccccc7c7ccccc76)CC5C)ccc43)c2)=CC1. The highest BCUT2D eigenvalue weighted by Crippen LogP contribution is 2.41. The van der Waals surface area contributed by atoms with Gasteiger partial charge in [0.25, 0.3) is 0 Å². The monoisotopic (exact) mass is 592 g/mol. The molecule has 2 unspecified atom stereocenters. The predicted octanol–water partition coefficient (Wildman–Crippen LogP) is 11.8. The zero-order valence-corrected chi connectivity index (χ0v) is 26.3. The Hall–Kier alpha value is -5.34. The third-order valence-electron chi connectivity index (χ3n) is 10.1. The van der Waals surface area contributed by atoms with Gasteiger partial charge in [0.15, 0.2) is 0 Å². The number of hydrogen-bond acceptors (Lipinski definition) is 0. The van der Waals surface area contributed by atoms with E-state index in [-0.39, 0.29) is 0 Å². The first-order valence-corrected chi connectivity index (χ1v) is 16.6. The van der Waals surface area contributed by atoms with Gasteiger partial charge in [-0.2, -0.15) is 0 Å². The molecule has 2 aromatic heterocycles. The second-order valence-corrected chi connectivity index (χ2v) is 13.1. The van der Waals surface area contributed by atoms with E-state index in [2.05, 4.69) is 169 Å². The molecule has 2 aliphatic rings. The van der Waals surface area contributed by atoms with Crippen LogP contribution < -0.4 is 0 Å². The number of hydrogen-bond donors (Lipinski definition) is 0. The smallest absolute Gasteiger partial charge is 0.0541 e. The lowest BCUT2D eigenvalue weighted by Gasteiger charge is -2.24. The van der Waals surface area contributed by atoms with Gasteiger partial charge in [-0.1, -0.05) is 111 Å². The first-order valence-electron chi connectivity index (χ1n) is 16.6. The minimum atomic E-state index is 0.391. The van der Waals surface area contributed by atoms with Crippen molar-refractivity contribution >= 4 is 60.5 Å². The highest BCUT2D eigenvalue weighted by molar-refractivity contribution is 6.11. The molecule has 0 saturated heterocycles. The van der Waals surface area contributed by atoms with Gasteiger partial charge in [-0.05, 0) is 95.5 Å². The normalized spacial score (nSPS) is 18.3. The van der Waals surface area contributed by atoms with Crippen LogP contribution in [0.2, 0.25) is 0 Å². The van der Waals surface area contributed by atoms with Crippen LogP contribution in [0, 0.1) is 11.8 Å². The zero-order valence-electron chi connectivity index (χ0n) is 26.3. The Labute approximate surface area is 269 Å². The summed E-state index contributed by atoms with van der Waals surface area (Å²) in [5.74, 6) is 0.998. The van der Waals surface area contributed by atoms with Crippen LogP contribution in [-0.2, 0) is 0 Å². The molecule has 0 fully saturated rings. The molecule has 2 heteroatoms. The maximum absolute atomic E-state index is 2.47. The van der Waals surface area contributed by atoms with Crippen LogP contribution in [0.25, 0.3) is 66.1 Å². The number of benzene rings is 5. The fourth-order valence-electron chi connectivity index (χ4n) is 7.82. The predicted molar refractivity (Wildman–Crippen MR) is 197 cm³/mol. The maximum Gasteiger partial charge on any atom is 0.0541 e. The molecule has 46 heavy (non-hydrogen) atoms. The number of fused-ring (bicyclic) bond motifs is 6. The first-order chi connectivity index (χ1) is 22.6. The van der Waals surface area contributed by atoms with Crippen LogP contribution in [0.3, 0.4) is 0 Å². The fourth-order valence-corrected chi connectivity index (χ4v) is 7.82. The van der Waals surface area contributed by atoms with Gasteiger partial charge in [0.2, 0.25) is 0 Å². The van der Waals surface area contributed by atoms with Crippen molar-refractivity contribution in [3.63, 3.8) is 0 Å². The topological polar surface area (TPSA) is 9.86 Å². The summed E-state index contributed by atoms with van der Waals surface area (Å²) in [5, 5.41) is 5.22. The molecule has 9 rings (SSSR count). The van der Waals surface area contributed by atoms with Gasteiger partial charge >= 0.3 is 0 Å². The van der Waals surface area contributed by atoms with Gasteiger partial charge in [-0.25, -0.2) is 0 Å². The molecular formula is C44H36N2. The average Bonchev–Trinajstić information content (AvgIpc) is 3.61. The van der Waals surface area contributed by atoms with Gasteiger partial charge in [0.1, 0.15) is 0 Å². The van der Waals surface area contributed by atoms with Crippen molar-refractivity contribution in [3.05, 3.63) is 157 Å². The molecule has 2 aliphatic carbocycles. The van der Waals surface area contributed by atoms with Crippen molar-refractivity contribution < 1.29 is 0 Å². The second kappa shape index (κ2) is 10.6. The van der Waals surface area contributed by atoms with E-state index in [1.165, 1.54) is 77.3 Å². The Morgan fingerprint density at radius 1 is 0.565 bits per heavy atom. The Balaban J connectivity index is 1.15. The summed E-state index contributed by atoms with van der Waals surface area (Å²) in [5.41, 5.74) is 12.9. The van der Waals surface area contributed by atoms with Crippen molar-refractivity contribution in [1.82, 2.24) is 9.13 Å². The molecule has 0 saturated carbocycles. The summed E-state index contributed by atoms with van der Waals surface area (Å²) in [7, 11) is 0. The lowest BCUT2D eigenvalue weighted by molar-refractivity contribution is 0.739. The van der Waals surface area contributed by atoms with E-state index in [0.29, 0.717) is 11.8 Å². The van der Waals surface area contributed by atoms with Gasteiger partial charge < -0.3 is 9.13 Å². The van der Waals surface area contributed by atoms with Crippen LogP contribution in [0.1, 0.15) is 37.8 Å². The highest BCUT2D eigenvalue weighted by atomic mass is 15.0. The third-order valence-corrected chi connectivity index (χ3v) is 10.1. The highest BCUT2D eigenvalue weighted by Gasteiger charge is 2.22. The Bertz CT molecular complexity index is 2400. The van der Waals surface area contributed by atoms with E-state index in [0.717, 1.165) is 12.8 Å². The summed E-state index contributed by atoms with van der Waals surface area (Å²) in [4.78, 5) is 0. The van der Waals surface area contributed by atoms with E-state index in [1.807, 2.05) is 0 Å². The van der Waals surface area contributed by atoms with Crippen LogP contribution in [-0.4, -0.2) is 9.13 Å². The summed E-state index contributed by atoms with van der Waals surface area (Å²) < 4.78 is 4.91. The number of rotatable bonds is 4. The molecule has 0 N–H and O–H groups in total. The summed E-state index contributed by atoms with van der Waals surface area (Å²) in [6, 6.07) is 42.5. The number of allylic oxidation sites excluding steroid dienone is 8. The van der Waals surface area contributed by atoms with E-state index < -0.39 is 0 Å². The summed E-state index contributed by atoms with van der Waals surface area (Å²) >= 11 is 0. The third kappa shape index (κ3) is 4.24. The zero-order chi connectivity index (χ0) is 30.8. The van der Waals surface area contributed by atoms with E-state index in [1.54, 1.807) is 0 Å². The Morgan fingerprint density at radius 3 is 1.89 bits per heavy atom. The first kappa shape index (κ1) is 27.0. The van der Waals surface area contributed by atoms with Crippen LogP contribution in [0.15, 0.2) is 146 Å². The van der Waals surface area contributed by atoms with Gasteiger partial charge in [0, 0.05) is 32.9 Å². The molecule has 0 aliphatic heterocycles. The summed E-state index contributed by atoms with van der Waals surface area (Å²) in [6.45, 7) is 4.65. The van der Waals surface area contributed by atoms with Crippen molar-refractivity contribution in [3.8, 4) is 5.69 Å². The quantitative estimate of drug-likeness (QED) is 0.192. The molecule has 0 bridgehead atoms. The van der Waals surface area contributed by atoms with Gasteiger partial charge in [0.05, 0.1) is 22.1 Å². The van der Waals surface area contributed by atoms with Crippen molar-refractivity contribution in [2.45, 2.75) is 26.7 Å². The largest absolute Gasteiger partial charge is 0.313 e. The molecule has 0 radical (unpaired) electrons. The van der Waals surface area contributed by atoms with E-state index >= 15 is 0 Å². The Kier molecular flexibility index (Phi) is 6.24. The van der Waals surface area contributed by atoms with Crippen molar-refractivity contribution in [2.75, 3.05) is 0 Å². The van der Waals surface area contributed by atoms with Crippen molar-refractivity contribution in [1.29, 1.82) is 0 Å². The molecule has 2 nitrogen and oxygen atoms in total. The molecule has 222 valence electrons. The van der Waals surface area contributed by atoms with E-state index in [4.69, 9.17) is 0 Å². The minimum Gasteiger partial charge on any atom is -0.313 e. The fraction of sp³-hybridized carbons (Fsp3) is 0.136. The van der Waals surface area contributed by atoms with E-state index in [9.17, 15) is 0 Å². The molecule has 0 amide bonds. The minimum absolute atomic E-state index is 0.391. The molecule has 0 spiro atoms. The van der Waals surface area contributed by atoms with Crippen LogP contribution in [0.5, 0.6) is 0 Å².